The molecule has 0 spiro atoms. The molecule has 0 saturated carbocycles. The highest BCUT2D eigenvalue weighted by atomic mass is 14.7. The monoisotopic (exact) mass is 245 g/mol. The van der Waals surface area contributed by atoms with E-state index < -0.39 is 0 Å². The van der Waals surface area contributed by atoms with Crippen LogP contribution < -0.4 is 5.73 Å². The number of hydrogen-bond acceptors (Lipinski definition) is 1. The van der Waals surface area contributed by atoms with Gasteiger partial charge in [-0.3, -0.25) is 0 Å². The van der Waals surface area contributed by atoms with Gasteiger partial charge in [0.25, 0.3) is 0 Å². The van der Waals surface area contributed by atoms with E-state index in [0.717, 1.165) is 12.8 Å². The maximum atomic E-state index is 6.72. The minimum absolute atomic E-state index is 0.184. The zero-order valence-electron chi connectivity index (χ0n) is 11.9. The molecule has 0 atom stereocenters. The summed E-state index contributed by atoms with van der Waals surface area (Å²) in [6.45, 7) is 8.35. The fraction of sp³-hybridized carbons (Fsp3) is 0.529. The van der Waals surface area contributed by atoms with E-state index in [4.69, 9.17) is 5.73 Å². The summed E-state index contributed by atoms with van der Waals surface area (Å²) in [7, 11) is 0. The molecular weight excluding hydrogens is 218 g/mol. The first-order chi connectivity index (χ1) is 8.68. The minimum Gasteiger partial charge on any atom is -0.321 e. The summed E-state index contributed by atoms with van der Waals surface area (Å²) < 4.78 is 0. The highest BCUT2D eigenvalue weighted by Crippen LogP contribution is 2.32. The fourth-order valence-electron chi connectivity index (χ4n) is 2.51. The highest BCUT2D eigenvalue weighted by Gasteiger charge is 2.27. The van der Waals surface area contributed by atoms with Gasteiger partial charge in [-0.15, -0.1) is 0 Å². The summed E-state index contributed by atoms with van der Waals surface area (Å²) >= 11 is 0. The van der Waals surface area contributed by atoms with Crippen molar-refractivity contribution in [3.63, 3.8) is 0 Å². The van der Waals surface area contributed by atoms with Gasteiger partial charge in [0.1, 0.15) is 0 Å². The van der Waals surface area contributed by atoms with Crippen LogP contribution in [0.2, 0.25) is 0 Å². The molecule has 0 saturated heterocycles. The van der Waals surface area contributed by atoms with Crippen LogP contribution in [0.1, 0.15) is 63.5 Å². The van der Waals surface area contributed by atoms with E-state index >= 15 is 0 Å². The van der Waals surface area contributed by atoms with E-state index in [1.807, 2.05) is 6.08 Å². The lowest BCUT2D eigenvalue weighted by Crippen LogP contribution is -2.37. The summed E-state index contributed by atoms with van der Waals surface area (Å²) in [4.78, 5) is 0. The van der Waals surface area contributed by atoms with Crippen LogP contribution in [0.5, 0.6) is 0 Å². The molecule has 100 valence electrons. The Kier molecular flexibility index (Phi) is 6.14. The number of unbranched alkanes of at least 4 members (excludes halogenated alkanes) is 2. The van der Waals surface area contributed by atoms with Crippen molar-refractivity contribution in [1.29, 1.82) is 0 Å². The average molecular weight is 245 g/mol. The Bertz CT molecular complexity index is 360. The van der Waals surface area contributed by atoms with Crippen LogP contribution in [-0.2, 0) is 5.54 Å². The SMILES string of the molecule is C=Cc1ccccc1C(N)(CCCC)CCCC. The lowest BCUT2D eigenvalue weighted by molar-refractivity contribution is 0.353. The van der Waals surface area contributed by atoms with Crippen molar-refractivity contribution in [3.8, 4) is 0 Å². The second-order valence-electron chi connectivity index (χ2n) is 5.15. The maximum Gasteiger partial charge on any atom is 0.0415 e. The second kappa shape index (κ2) is 7.38. The molecule has 0 aliphatic heterocycles. The van der Waals surface area contributed by atoms with Crippen molar-refractivity contribution in [2.24, 2.45) is 5.73 Å². The molecule has 0 bridgehead atoms. The van der Waals surface area contributed by atoms with E-state index in [9.17, 15) is 0 Å². The third-order valence-corrected chi connectivity index (χ3v) is 3.67. The predicted molar refractivity (Wildman–Crippen MR) is 81.4 cm³/mol. The van der Waals surface area contributed by atoms with Crippen molar-refractivity contribution < 1.29 is 0 Å². The maximum absolute atomic E-state index is 6.72. The van der Waals surface area contributed by atoms with Gasteiger partial charge in [-0.1, -0.05) is 76.5 Å². The molecule has 18 heavy (non-hydrogen) atoms. The minimum atomic E-state index is -0.184. The Hall–Kier alpha value is -1.08. The lowest BCUT2D eigenvalue weighted by atomic mass is 9.79. The van der Waals surface area contributed by atoms with E-state index in [2.05, 4.69) is 44.7 Å². The summed E-state index contributed by atoms with van der Waals surface area (Å²) in [5.74, 6) is 0. The zero-order valence-corrected chi connectivity index (χ0v) is 11.9. The van der Waals surface area contributed by atoms with E-state index in [1.54, 1.807) is 0 Å². The standard InChI is InChI=1S/C17H27N/c1-4-7-13-17(18,14-8-5-2)16-12-10-9-11-15(16)6-3/h6,9-12H,3-5,7-8,13-14,18H2,1-2H3. The van der Waals surface area contributed by atoms with Crippen LogP contribution in [0.3, 0.4) is 0 Å². The topological polar surface area (TPSA) is 26.0 Å². The molecule has 1 nitrogen and oxygen atoms in total. The van der Waals surface area contributed by atoms with Crippen molar-refractivity contribution in [3.05, 3.63) is 42.0 Å². The molecule has 0 aromatic heterocycles. The third kappa shape index (κ3) is 3.71. The van der Waals surface area contributed by atoms with Crippen molar-refractivity contribution in [2.45, 2.75) is 57.9 Å². The second-order valence-corrected chi connectivity index (χ2v) is 5.15. The van der Waals surface area contributed by atoms with Crippen molar-refractivity contribution in [1.82, 2.24) is 0 Å². The first-order valence-electron chi connectivity index (χ1n) is 7.18. The lowest BCUT2D eigenvalue weighted by Gasteiger charge is -2.32. The normalized spacial score (nSPS) is 11.5. The molecule has 1 heteroatoms. The Morgan fingerprint density at radius 3 is 2.17 bits per heavy atom. The Morgan fingerprint density at radius 2 is 1.67 bits per heavy atom. The molecule has 0 heterocycles. The van der Waals surface area contributed by atoms with Gasteiger partial charge in [-0.2, -0.15) is 0 Å². The van der Waals surface area contributed by atoms with Gasteiger partial charge in [-0.05, 0) is 24.0 Å². The van der Waals surface area contributed by atoms with Crippen LogP contribution >= 0.6 is 0 Å². The van der Waals surface area contributed by atoms with Crippen LogP contribution in [0.4, 0.5) is 0 Å². The number of benzene rings is 1. The molecule has 1 aromatic rings. The molecule has 0 radical (unpaired) electrons. The van der Waals surface area contributed by atoms with Gasteiger partial charge in [0.2, 0.25) is 0 Å². The first-order valence-corrected chi connectivity index (χ1v) is 7.18. The van der Waals surface area contributed by atoms with E-state index in [-0.39, 0.29) is 5.54 Å². The molecule has 0 aliphatic rings. The average Bonchev–Trinajstić information content (AvgIpc) is 2.43. The molecule has 0 aliphatic carbocycles. The van der Waals surface area contributed by atoms with Crippen LogP contribution in [0.15, 0.2) is 30.8 Å². The van der Waals surface area contributed by atoms with Gasteiger partial charge < -0.3 is 5.73 Å². The molecule has 1 rings (SSSR count). The van der Waals surface area contributed by atoms with E-state index in [1.165, 1.54) is 36.8 Å². The molecule has 0 amide bonds. The summed E-state index contributed by atoms with van der Waals surface area (Å²) in [5, 5.41) is 0. The molecule has 2 N–H and O–H groups in total. The number of nitrogens with two attached hydrogens (primary N) is 1. The smallest absolute Gasteiger partial charge is 0.0415 e. The Balaban J connectivity index is 3.03. The van der Waals surface area contributed by atoms with Gasteiger partial charge in [0.05, 0.1) is 0 Å². The molecule has 0 fully saturated rings. The summed E-state index contributed by atoms with van der Waals surface area (Å²) in [6, 6.07) is 8.42. The first kappa shape index (κ1) is 15.0. The zero-order chi connectivity index (χ0) is 13.4. The quantitative estimate of drug-likeness (QED) is 0.695. The van der Waals surface area contributed by atoms with Gasteiger partial charge in [0, 0.05) is 5.54 Å². The van der Waals surface area contributed by atoms with Gasteiger partial charge >= 0.3 is 0 Å². The van der Waals surface area contributed by atoms with Crippen LogP contribution in [0.25, 0.3) is 6.08 Å². The molecule has 1 aromatic carbocycles. The number of rotatable bonds is 8. The van der Waals surface area contributed by atoms with Gasteiger partial charge in [-0.25, -0.2) is 0 Å². The van der Waals surface area contributed by atoms with Crippen LogP contribution in [-0.4, -0.2) is 0 Å². The third-order valence-electron chi connectivity index (χ3n) is 3.67. The van der Waals surface area contributed by atoms with Crippen molar-refractivity contribution in [2.75, 3.05) is 0 Å². The molecule has 0 unspecified atom stereocenters. The predicted octanol–water partition coefficient (Wildman–Crippen LogP) is 4.86. The number of hydrogen-bond donors (Lipinski definition) is 1. The largest absolute Gasteiger partial charge is 0.321 e. The van der Waals surface area contributed by atoms with Gasteiger partial charge in [0.15, 0.2) is 0 Å². The van der Waals surface area contributed by atoms with E-state index in [0.29, 0.717) is 0 Å². The fourth-order valence-corrected chi connectivity index (χ4v) is 2.51. The Labute approximate surface area is 112 Å². The summed E-state index contributed by atoms with van der Waals surface area (Å²) in [5.41, 5.74) is 8.99. The van der Waals surface area contributed by atoms with Crippen LogP contribution in [0, 0.1) is 0 Å². The van der Waals surface area contributed by atoms with Crippen molar-refractivity contribution >= 4 is 6.08 Å². The molecular formula is C17H27N. The summed E-state index contributed by atoms with van der Waals surface area (Å²) in [6.07, 6.45) is 8.82. The Morgan fingerprint density at radius 1 is 1.11 bits per heavy atom. The highest BCUT2D eigenvalue weighted by molar-refractivity contribution is 5.54.